The molecule has 0 aliphatic carbocycles. The van der Waals surface area contributed by atoms with Gasteiger partial charge >= 0.3 is 0 Å². The fourth-order valence-corrected chi connectivity index (χ4v) is 5.19. The average Bonchev–Trinajstić information content (AvgIpc) is 3.09. The maximum atomic E-state index is 14.6. The van der Waals surface area contributed by atoms with Crippen LogP contribution in [0.1, 0.15) is 12.8 Å². The molecule has 1 aromatic heterocycles. The Morgan fingerprint density at radius 3 is 1.77 bits per heavy atom. The Morgan fingerprint density at radius 1 is 0.733 bits per heavy atom. The maximum Gasteiger partial charge on any atom is 0.231 e. The largest absolute Gasteiger partial charge is 0.377 e. The Morgan fingerprint density at radius 2 is 1.27 bits per heavy atom. The summed E-state index contributed by atoms with van der Waals surface area (Å²) in [5.41, 5.74) is 0.845. The minimum absolute atomic E-state index is 0.104. The van der Waals surface area contributed by atoms with Crippen molar-refractivity contribution in [1.29, 1.82) is 0 Å². The fourth-order valence-electron chi connectivity index (χ4n) is 5.19. The first-order valence-corrected chi connectivity index (χ1v) is 10.5. The van der Waals surface area contributed by atoms with Crippen molar-refractivity contribution in [2.24, 2.45) is 0 Å². The number of anilines is 2. The van der Waals surface area contributed by atoms with Gasteiger partial charge in [-0.25, -0.2) is 8.78 Å². The van der Waals surface area contributed by atoms with E-state index >= 15 is 0 Å². The molecule has 4 fully saturated rings. The van der Waals surface area contributed by atoms with Crippen LogP contribution in [-0.2, 0) is 9.47 Å². The predicted molar refractivity (Wildman–Crippen MR) is 106 cm³/mol. The molecule has 0 saturated carbocycles. The molecule has 7 nitrogen and oxygen atoms in total. The number of rotatable bonds is 3. The smallest absolute Gasteiger partial charge is 0.231 e. The van der Waals surface area contributed by atoms with Crippen LogP contribution in [0.2, 0.25) is 0 Å². The van der Waals surface area contributed by atoms with Crippen LogP contribution in [0.25, 0.3) is 11.4 Å². The normalized spacial score (nSPS) is 35.1. The molecule has 6 rings (SSSR count). The van der Waals surface area contributed by atoms with Gasteiger partial charge in [0.05, 0.1) is 50.6 Å². The first kappa shape index (κ1) is 18.4. The molecule has 9 heteroatoms. The zero-order chi connectivity index (χ0) is 20.2. The lowest BCUT2D eigenvalue weighted by atomic mass is 10.2. The molecular formula is C21H23F2N5O2. The number of hydrogen-bond donors (Lipinski definition) is 0. The highest BCUT2D eigenvalue weighted by atomic mass is 19.1. The van der Waals surface area contributed by atoms with Crippen molar-refractivity contribution in [1.82, 2.24) is 15.0 Å². The third-order valence-electron chi connectivity index (χ3n) is 6.63. The van der Waals surface area contributed by atoms with Crippen molar-refractivity contribution in [3.8, 4) is 11.4 Å². The van der Waals surface area contributed by atoms with E-state index in [4.69, 9.17) is 24.4 Å². The summed E-state index contributed by atoms with van der Waals surface area (Å²) in [5, 5.41) is 0. The highest BCUT2D eigenvalue weighted by molar-refractivity contribution is 5.60. The second kappa shape index (κ2) is 7.09. The number of alkyl halides is 2. The first-order chi connectivity index (χ1) is 14.7. The molecule has 5 heterocycles. The zero-order valence-electron chi connectivity index (χ0n) is 16.4. The van der Waals surface area contributed by atoms with Crippen LogP contribution < -0.4 is 9.80 Å². The monoisotopic (exact) mass is 415 g/mol. The van der Waals surface area contributed by atoms with E-state index < -0.39 is 24.4 Å². The van der Waals surface area contributed by atoms with Gasteiger partial charge in [-0.3, -0.25) is 0 Å². The molecule has 1 aromatic carbocycles. The molecule has 4 aliphatic rings. The average molecular weight is 415 g/mol. The second-order valence-corrected chi connectivity index (χ2v) is 8.46. The van der Waals surface area contributed by atoms with Crippen molar-refractivity contribution in [3.63, 3.8) is 0 Å². The van der Waals surface area contributed by atoms with Gasteiger partial charge in [0, 0.05) is 18.4 Å². The third-order valence-corrected chi connectivity index (χ3v) is 6.63. The number of ether oxygens (including phenoxy) is 2. The minimum Gasteiger partial charge on any atom is -0.377 e. The first-order valence-electron chi connectivity index (χ1n) is 10.5. The highest BCUT2D eigenvalue weighted by Crippen LogP contribution is 2.38. The molecule has 4 bridgehead atoms. The van der Waals surface area contributed by atoms with Gasteiger partial charge in [0.15, 0.2) is 5.82 Å². The molecule has 0 radical (unpaired) electrons. The summed E-state index contributed by atoms with van der Waals surface area (Å²) in [7, 11) is 0. The lowest BCUT2D eigenvalue weighted by molar-refractivity contribution is 0.0810. The summed E-state index contributed by atoms with van der Waals surface area (Å²) in [5.74, 6) is 1.40. The number of benzene rings is 1. The Labute approximate surface area is 173 Å². The number of nitrogens with zero attached hydrogens (tertiary/aromatic N) is 5. The van der Waals surface area contributed by atoms with E-state index in [9.17, 15) is 8.78 Å². The van der Waals surface area contributed by atoms with Gasteiger partial charge in [-0.15, -0.1) is 0 Å². The predicted octanol–water partition coefficient (Wildman–Crippen LogP) is 2.17. The van der Waals surface area contributed by atoms with Crippen molar-refractivity contribution in [2.75, 3.05) is 36.2 Å². The number of morpholine rings is 2. The molecule has 2 aromatic rings. The Balaban J connectivity index is 1.46. The lowest BCUT2D eigenvalue weighted by Crippen LogP contribution is -2.50. The topological polar surface area (TPSA) is 63.6 Å². The van der Waals surface area contributed by atoms with Crippen LogP contribution >= 0.6 is 0 Å². The maximum absolute atomic E-state index is 14.6. The fraction of sp³-hybridized carbons (Fsp3) is 0.571. The molecule has 158 valence electrons. The van der Waals surface area contributed by atoms with Crippen LogP contribution in [0, 0.1) is 0 Å². The van der Waals surface area contributed by atoms with Crippen molar-refractivity contribution in [2.45, 2.75) is 49.4 Å². The summed E-state index contributed by atoms with van der Waals surface area (Å²) in [6.45, 7) is 1.53. The van der Waals surface area contributed by atoms with Crippen molar-refractivity contribution < 1.29 is 18.3 Å². The van der Waals surface area contributed by atoms with Crippen LogP contribution in [0.3, 0.4) is 0 Å². The number of aromatic nitrogens is 3. The lowest BCUT2D eigenvalue weighted by Gasteiger charge is -2.37. The quantitative estimate of drug-likeness (QED) is 0.761. The van der Waals surface area contributed by atoms with Crippen LogP contribution in [-0.4, -0.2) is 77.9 Å². The Hall–Kier alpha value is -2.39. The van der Waals surface area contributed by atoms with Gasteiger partial charge in [0.2, 0.25) is 11.9 Å². The molecule has 0 N–H and O–H groups in total. The van der Waals surface area contributed by atoms with E-state index in [2.05, 4.69) is 0 Å². The summed E-state index contributed by atoms with van der Waals surface area (Å²) < 4.78 is 40.4. The molecular weight excluding hydrogens is 392 g/mol. The van der Waals surface area contributed by atoms with Crippen LogP contribution in [0.5, 0.6) is 0 Å². The summed E-state index contributed by atoms with van der Waals surface area (Å²) >= 11 is 0. The minimum atomic E-state index is -0.979. The summed E-state index contributed by atoms with van der Waals surface area (Å²) in [4.78, 5) is 18.1. The molecule has 6 atom stereocenters. The van der Waals surface area contributed by atoms with E-state index in [1.807, 2.05) is 40.1 Å². The zero-order valence-corrected chi connectivity index (χ0v) is 16.4. The van der Waals surface area contributed by atoms with E-state index in [1.54, 1.807) is 0 Å². The van der Waals surface area contributed by atoms with E-state index in [-0.39, 0.29) is 12.1 Å². The van der Waals surface area contributed by atoms with Crippen molar-refractivity contribution >= 4 is 11.9 Å². The summed E-state index contributed by atoms with van der Waals surface area (Å²) in [6.07, 6.45) is -1.15. The van der Waals surface area contributed by atoms with Crippen molar-refractivity contribution in [3.05, 3.63) is 30.3 Å². The highest BCUT2D eigenvalue weighted by Gasteiger charge is 2.49. The third kappa shape index (κ3) is 2.86. The van der Waals surface area contributed by atoms with Gasteiger partial charge in [0.25, 0.3) is 0 Å². The van der Waals surface area contributed by atoms with E-state index in [1.165, 1.54) is 0 Å². The van der Waals surface area contributed by atoms with Gasteiger partial charge < -0.3 is 19.3 Å². The SMILES string of the molecule is FC1CC2COCC1N2c1nc(-c2ccccc2)nc(N2C3COCC2C(F)C3)n1. The van der Waals surface area contributed by atoms with E-state index in [0.717, 1.165) is 5.56 Å². The second-order valence-electron chi connectivity index (χ2n) is 8.46. The van der Waals surface area contributed by atoms with Gasteiger partial charge in [-0.1, -0.05) is 30.3 Å². The number of fused-ring (bicyclic) bond motifs is 4. The molecule has 0 spiro atoms. The molecule has 0 amide bonds. The number of hydrogen-bond acceptors (Lipinski definition) is 7. The van der Waals surface area contributed by atoms with E-state index in [0.29, 0.717) is 57.0 Å². The molecule has 4 aliphatic heterocycles. The Kier molecular flexibility index (Phi) is 4.35. The summed E-state index contributed by atoms with van der Waals surface area (Å²) in [6, 6.07) is 8.62. The Bertz CT molecular complexity index is 883. The van der Waals surface area contributed by atoms with Gasteiger partial charge in [0.1, 0.15) is 12.3 Å². The standard InChI is InChI=1S/C21H23F2N5O2/c22-15-6-13-8-29-10-17(15)27(13)20-24-19(12-4-2-1-3-5-12)25-21(26-20)28-14-7-16(23)18(28)11-30-9-14/h1-5,13-18H,6-11H2. The van der Waals surface area contributed by atoms with Crippen LogP contribution in [0.4, 0.5) is 20.7 Å². The number of halogens is 2. The molecule has 6 unspecified atom stereocenters. The molecule has 30 heavy (non-hydrogen) atoms. The van der Waals surface area contributed by atoms with Gasteiger partial charge in [-0.2, -0.15) is 15.0 Å². The molecule has 4 saturated heterocycles. The van der Waals surface area contributed by atoms with Gasteiger partial charge in [-0.05, 0) is 0 Å². The van der Waals surface area contributed by atoms with Crippen LogP contribution in [0.15, 0.2) is 30.3 Å².